The quantitative estimate of drug-likeness (QED) is 0.509. The van der Waals surface area contributed by atoms with Crippen molar-refractivity contribution in [3.63, 3.8) is 0 Å². The van der Waals surface area contributed by atoms with Gasteiger partial charge in [0.15, 0.2) is 21.2 Å². The molecular formula is C26H31NO5S. The van der Waals surface area contributed by atoms with Gasteiger partial charge in [0.05, 0.1) is 17.5 Å². The van der Waals surface area contributed by atoms with E-state index in [9.17, 15) is 13.2 Å². The Bertz CT molecular complexity index is 1260. The summed E-state index contributed by atoms with van der Waals surface area (Å²) in [6, 6.07) is 14.0. The predicted molar refractivity (Wildman–Crippen MR) is 129 cm³/mol. The molecular weight excluding hydrogens is 438 g/mol. The highest BCUT2D eigenvalue weighted by molar-refractivity contribution is 7.92. The first kappa shape index (κ1) is 24.9. The minimum atomic E-state index is -3.92. The second-order valence-corrected chi connectivity index (χ2v) is 9.90. The molecule has 4 rings (SSSR count). The summed E-state index contributed by atoms with van der Waals surface area (Å²) in [6.07, 6.45) is 1.08. The second kappa shape index (κ2) is 10.0. The van der Waals surface area contributed by atoms with Gasteiger partial charge in [0.2, 0.25) is 0 Å². The van der Waals surface area contributed by atoms with Crippen LogP contribution in [-0.4, -0.2) is 38.7 Å². The van der Waals surface area contributed by atoms with Crippen LogP contribution in [0.25, 0.3) is 10.9 Å². The van der Waals surface area contributed by atoms with Crippen LogP contribution in [0.2, 0.25) is 0 Å². The molecule has 0 N–H and O–H groups in total. The molecule has 2 aromatic carbocycles. The number of pyridine rings is 1. The zero-order valence-corrected chi connectivity index (χ0v) is 20.7. The lowest BCUT2D eigenvalue weighted by Gasteiger charge is -2.29. The van der Waals surface area contributed by atoms with E-state index < -0.39 is 27.0 Å². The van der Waals surface area contributed by atoms with Crippen LogP contribution in [0.4, 0.5) is 0 Å². The van der Waals surface area contributed by atoms with Crippen LogP contribution >= 0.6 is 0 Å². The molecule has 0 saturated carbocycles. The Hall–Kier alpha value is -2.77. The number of Topliss-reactive ketones (excluding diaryl/α,β-unsaturated/α-hetero) is 1. The molecule has 0 spiro atoms. The summed E-state index contributed by atoms with van der Waals surface area (Å²) >= 11 is 0. The fourth-order valence-corrected chi connectivity index (χ4v) is 5.75. The summed E-state index contributed by atoms with van der Waals surface area (Å²) in [7, 11) is -2.39. The number of sulfone groups is 1. The van der Waals surface area contributed by atoms with E-state index in [0.29, 0.717) is 41.7 Å². The van der Waals surface area contributed by atoms with Gasteiger partial charge in [-0.3, -0.25) is 9.78 Å². The molecule has 33 heavy (non-hydrogen) atoms. The van der Waals surface area contributed by atoms with Crippen LogP contribution in [-0.2, 0) is 25.0 Å². The molecule has 176 valence electrons. The number of aromatic nitrogens is 1. The summed E-state index contributed by atoms with van der Waals surface area (Å²) in [6.45, 7) is 8.15. The van der Waals surface area contributed by atoms with Crippen molar-refractivity contribution in [2.24, 2.45) is 0 Å². The van der Waals surface area contributed by atoms with E-state index in [-0.39, 0.29) is 4.90 Å². The number of hydrogen-bond acceptors (Lipinski definition) is 6. The van der Waals surface area contributed by atoms with Gasteiger partial charge < -0.3 is 9.47 Å². The van der Waals surface area contributed by atoms with Crippen molar-refractivity contribution in [1.82, 2.24) is 4.98 Å². The molecule has 6 nitrogen and oxygen atoms in total. The van der Waals surface area contributed by atoms with E-state index in [2.05, 4.69) is 4.98 Å². The highest BCUT2D eigenvalue weighted by Gasteiger charge is 2.47. The molecule has 1 unspecified atom stereocenters. The number of rotatable bonds is 6. The highest BCUT2D eigenvalue weighted by Crippen LogP contribution is 2.42. The molecule has 3 aromatic rings. The number of ether oxygens (including phenoxy) is 2. The van der Waals surface area contributed by atoms with Crippen molar-refractivity contribution >= 4 is 26.5 Å². The van der Waals surface area contributed by atoms with E-state index in [0.717, 1.165) is 11.3 Å². The summed E-state index contributed by atoms with van der Waals surface area (Å²) in [5.41, 5.74) is 1.58. The maximum atomic E-state index is 13.6. The smallest absolute Gasteiger partial charge is 0.186 e. The Morgan fingerprint density at radius 2 is 1.88 bits per heavy atom. The zero-order valence-electron chi connectivity index (χ0n) is 19.8. The molecule has 0 radical (unpaired) electrons. The fourth-order valence-electron chi connectivity index (χ4n) is 4.23. The number of aryl methyl sites for hydroxylation is 2. The second-order valence-electron chi connectivity index (χ2n) is 7.94. The normalized spacial score (nSPS) is 18.0. The summed E-state index contributed by atoms with van der Waals surface area (Å²) in [5, 5.41) is 0.510. The van der Waals surface area contributed by atoms with Gasteiger partial charge in [-0.15, -0.1) is 0 Å². The molecule has 1 aliphatic rings. The van der Waals surface area contributed by atoms with Gasteiger partial charge in [0, 0.05) is 23.3 Å². The Balaban J connectivity index is 0.00000149. The van der Waals surface area contributed by atoms with Crippen LogP contribution < -0.4 is 4.74 Å². The molecule has 2 heterocycles. The summed E-state index contributed by atoms with van der Waals surface area (Å²) in [5.74, 6) is -0.620. The first-order valence-electron chi connectivity index (χ1n) is 11.2. The molecule has 1 saturated heterocycles. The van der Waals surface area contributed by atoms with Crippen molar-refractivity contribution < 1.29 is 22.7 Å². The van der Waals surface area contributed by atoms with Gasteiger partial charge in [-0.1, -0.05) is 31.5 Å². The van der Waals surface area contributed by atoms with Gasteiger partial charge in [-0.05, 0) is 63.1 Å². The number of methoxy groups -OCH3 is 1. The Kier molecular flexibility index (Phi) is 7.55. The lowest BCUT2D eigenvalue weighted by Crippen LogP contribution is -2.39. The van der Waals surface area contributed by atoms with Gasteiger partial charge >= 0.3 is 0 Å². The topological polar surface area (TPSA) is 82.6 Å². The van der Waals surface area contributed by atoms with Crippen molar-refractivity contribution in [1.29, 1.82) is 0 Å². The number of nitrogens with zero attached hydrogens (tertiary/aromatic N) is 1. The maximum Gasteiger partial charge on any atom is 0.186 e. The van der Waals surface area contributed by atoms with Gasteiger partial charge in [-0.2, -0.15) is 0 Å². The first-order chi connectivity index (χ1) is 15.8. The number of carbonyl (C=O) groups excluding carboxylic acids is 1. The monoisotopic (exact) mass is 469 g/mol. The first-order valence-corrected chi connectivity index (χ1v) is 12.8. The SMILES string of the molecule is CC.COc1ccc(C)cc1C1(C(=O)CS(=O)(=O)c2cccc3nc(C)ccc23)CCCO1. The van der Waals surface area contributed by atoms with Crippen LogP contribution in [0.1, 0.15) is 43.5 Å². The third kappa shape index (κ3) is 4.80. The number of fused-ring (bicyclic) bond motifs is 1. The van der Waals surface area contributed by atoms with Gasteiger partial charge in [0.25, 0.3) is 0 Å². The number of hydrogen-bond donors (Lipinski definition) is 0. The molecule has 1 aliphatic heterocycles. The summed E-state index contributed by atoms with van der Waals surface area (Å²) in [4.78, 5) is 18.1. The number of benzene rings is 2. The molecule has 0 amide bonds. The molecule has 0 aliphatic carbocycles. The van der Waals surface area contributed by atoms with Crippen LogP contribution in [0.3, 0.4) is 0 Å². The van der Waals surface area contributed by atoms with Gasteiger partial charge in [0.1, 0.15) is 11.5 Å². The van der Waals surface area contributed by atoms with Crippen LogP contribution in [0.5, 0.6) is 5.75 Å². The Morgan fingerprint density at radius 3 is 2.55 bits per heavy atom. The molecule has 1 fully saturated rings. The average molecular weight is 470 g/mol. The lowest BCUT2D eigenvalue weighted by atomic mass is 9.85. The minimum Gasteiger partial charge on any atom is -0.496 e. The van der Waals surface area contributed by atoms with Crippen molar-refractivity contribution in [2.75, 3.05) is 19.5 Å². The van der Waals surface area contributed by atoms with E-state index >= 15 is 0 Å². The summed E-state index contributed by atoms with van der Waals surface area (Å²) < 4.78 is 38.2. The highest BCUT2D eigenvalue weighted by atomic mass is 32.2. The standard InChI is InChI=1S/C24H25NO5S.C2H6/c1-16-8-11-21(29-3)19(14-16)24(12-5-13-30-24)23(26)15-31(27,28)22-7-4-6-20-18(22)10-9-17(2)25-20;1-2/h4,6-11,14H,5,12-13,15H2,1-3H3;1-2H3. The number of carbonyl (C=O) groups is 1. The third-order valence-electron chi connectivity index (χ3n) is 5.75. The van der Waals surface area contributed by atoms with E-state index in [4.69, 9.17) is 9.47 Å². The largest absolute Gasteiger partial charge is 0.496 e. The average Bonchev–Trinajstić information content (AvgIpc) is 3.31. The maximum absolute atomic E-state index is 13.6. The Morgan fingerprint density at radius 1 is 1.12 bits per heavy atom. The van der Waals surface area contributed by atoms with Crippen molar-refractivity contribution in [2.45, 2.75) is 51.0 Å². The van der Waals surface area contributed by atoms with Crippen molar-refractivity contribution in [3.05, 3.63) is 65.4 Å². The van der Waals surface area contributed by atoms with Gasteiger partial charge in [-0.25, -0.2) is 8.42 Å². The molecule has 7 heteroatoms. The predicted octanol–water partition coefficient (Wildman–Crippen LogP) is 4.94. The fraction of sp³-hybridized carbons (Fsp3) is 0.385. The van der Waals surface area contributed by atoms with E-state index in [1.54, 1.807) is 30.3 Å². The van der Waals surface area contributed by atoms with E-state index in [1.165, 1.54) is 13.2 Å². The van der Waals surface area contributed by atoms with Crippen LogP contribution in [0.15, 0.2) is 53.4 Å². The van der Waals surface area contributed by atoms with E-state index in [1.807, 2.05) is 39.8 Å². The third-order valence-corrected chi connectivity index (χ3v) is 7.42. The Labute approximate surface area is 195 Å². The minimum absolute atomic E-state index is 0.107. The van der Waals surface area contributed by atoms with Crippen LogP contribution in [0, 0.1) is 13.8 Å². The number of ketones is 1. The molecule has 0 bridgehead atoms. The van der Waals surface area contributed by atoms with Crippen molar-refractivity contribution in [3.8, 4) is 5.75 Å². The molecule has 1 atom stereocenters. The lowest BCUT2D eigenvalue weighted by molar-refractivity contribution is -0.137. The zero-order chi connectivity index (χ0) is 24.2. The molecule has 1 aromatic heterocycles.